The van der Waals surface area contributed by atoms with E-state index < -0.39 is 29.7 Å². The van der Waals surface area contributed by atoms with Crippen molar-refractivity contribution in [2.75, 3.05) is 11.9 Å². The average Bonchev–Trinajstić information content (AvgIpc) is 2.77. The highest BCUT2D eigenvalue weighted by molar-refractivity contribution is 7.59. The zero-order chi connectivity index (χ0) is 24.0. The maximum Gasteiger partial charge on any atom is 0.413 e. The van der Waals surface area contributed by atoms with Crippen molar-refractivity contribution in [3.8, 4) is 5.75 Å². The first-order chi connectivity index (χ1) is 15.7. The molecule has 0 spiro atoms. The van der Waals surface area contributed by atoms with Gasteiger partial charge in [-0.05, 0) is 47.9 Å². The molecule has 3 aromatic rings. The number of anilines is 1. The summed E-state index contributed by atoms with van der Waals surface area (Å²) in [7, 11) is 1.54. The van der Waals surface area contributed by atoms with Crippen molar-refractivity contribution in [1.82, 2.24) is 10.3 Å². The molecule has 0 aliphatic rings. The minimum absolute atomic E-state index is 0. The van der Waals surface area contributed by atoms with Crippen LogP contribution in [0.5, 0.6) is 5.75 Å². The summed E-state index contributed by atoms with van der Waals surface area (Å²) in [5.74, 6) is -1.52. The van der Waals surface area contributed by atoms with E-state index in [2.05, 4.69) is 10.3 Å². The molecule has 0 unspecified atom stereocenters. The Labute approximate surface area is 204 Å². The molecule has 1 atom stereocenters. The van der Waals surface area contributed by atoms with Crippen LogP contribution in [0.15, 0.2) is 66.9 Å². The summed E-state index contributed by atoms with van der Waals surface area (Å²) >= 11 is 0. The number of hydrogen-bond donors (Lipinski definition) is 1. The monoisotopic (exact) mass is 487 g/mol. The Bertz CT molecular complexity index is 1090. The molecule has 1 heterocycles. The Morgan fingerprint density at radius 1 is 1.03 bits per heavy atom. The fraction of sp³-hybridized carbons (Fsp3) is 0.240. The molecule has 1 N–H and O–H groups in total. The predicted molar refractivity (Wildman–Crippen MR) is 132 cm³/mol. The van der Waals surface area contributed by atoms with Crippen LogP contribution in [0.25, 0.3) is 0 Å². The van der Waals surface area contributed by atoms with Gasteiger partial charge in [0.2, 0.25) is 5.91 Å². The number of carbonyl (C=O) groups is 2. The molecule has 0 aliphatic heterocycles. The van der Waals surface area contributed by atoms with Crippen molar-refractivity contribution in [3.63, 3.8) is 0 Å². The van der Waals surface area contributed by atoms with Crippen molar-refractivity contribution < 1.29 is 23.1 Å². The second-order valence-corrected chi connectivity index (χ2v) is 7.87. The van der Waals surface area contributed by atoms with E-state index in [0.717, 1.165) is 23.9 Å². The number of rotatable bonds is 7. The largest absolute Gasteiger partial charge is 0.413 e. The lowest BCUT2D eigenvalue weighted by molar-refractivity contribution is -0.120. The highest BCUT2D eigenvalue weighted by atomic mass is 32.1. The third kappa shape index (κ3) is 7.28. The molecule has 0 radical (unpaired) electrons. The Balaban J connectivity index is 0.00000408. The first kappa shape index (κ1) is 26.8. The number of para-hydroxylation sites is 1. The van der Waals surface area contributed by atoms with Gasteiger partial charge in [-0.1, -0.05) is 32.0 Å². The molecule has 2 amide bonds. The fourth-order valence-electron chi connectivity index (χ4n) is 3.23. The number of pyridine rings is 1. The van der Waals surface area contributed by atoms with Crippen molar-refractivity contribution in [1.29, 1.82) is 0 Å². The van der Waals surface area contributed by atoms with Gasteiger partial charge < -0.3 is 15.0 Å². The third-order valence-electron chi connectivity index (χ3n) is 4.99. The summed E-state index contributed by atoms with van der Waals surface area (Å²) in [6.07, 6.45) is 0.561. The van der Waals surface area contributed by atoms with Crippen LogP contribution in [0.3, 0.4) is 0 Å². The van der Waals surface area contributed by atoms with Crippen LogP contribution in [-0.2, 0) is 11.2 Å². The maximum absolute atomic E-state index is 13.7. The molecule has 9 heteroatoms. The van der Waals surface area contributed by atoms with Gasteiger partial charge in [-0.25, -0.2) is 13.6 Å². The van der Waals surface area contributed by atoms with E-state index in [0.29, 0.717) is 11.4 Å². The zero-order valence-electron chi connectivity index (χ0n) is 19.1. The summed E-state index contributed by atoms with van der Waals surface area (Å²) in [6, 6.07) is 13.7. The Hall–Kier alpha value is -3.46. The van der Waals surface area contributed by atoms with Crippen LogP contribution in [0.4, 0.5) is 19.3 Å². The molecule has 0 bridgehead atoms. The van der Waals surface area contributed by atoms with Gasteiger partial charge in [0.1, 0.15) is 23.4 Å². The van der Waals surface area contributed by atoms with Crippen molar-refractivity contribution in [2.24, 2.45) is 0 Å². The number of nitrogens with one attached hydrogen (secondary N) is 1. The molecule has 0 aliphatic carbocycles. The third-order valence-corrected chi connectivity index (χ3v) is 4.99. The van der Waals surface area contributed by atoms with Crippen LogP contribution >= 0.6 is 13.5 Å². The van der Waals surface area contributed by atoms with Gasteiger partial charge in [0, 0.05) is 25.2 Å². The summed E-state index contributed by atoms with van der Waals surface area (Å²) in [6.45, 7) is 4.01. The molecule has 1 aromatic heterocycles. The first-order valence-electron chi connectivity index (χ1n) is 10.4. The quantitative estimate of drug-likeness (QED) is 0.512. The van der Waals surface area contributed by atoms with Crippen LogP contribution in [0, 0.1) is 11.6 Å². The normalized spacial score (nSPS) is 11.4. The highest BCUT2D eigenvalue weighted by Crippen LogP contribution is 2.19. The Kier molecular flexibility index (Phi) is 9.56. The zero-order valence-corrected chi connectivity index (χ0v) is 20.1. The smallest absolute Gasteiger partial charge is 0.410 e. The van der Waals surface area contributed by atoms with Gasteiger partial charge in [0.15, 0.2) is 0 Å². The lowest BCUT2D eigenvalue weighted by Gasteiger charge is -2.25. The van der Waals surface area contributed by atoms with Gasteiger partial charge in [-0.3, -0.25) is 9.78 Å². The van der Waals surface area contributed by atoms with E-state index >= 15 is 0 Å². The number of benzene rings is 2. The topological polar surface area (TPSA) is 71.5 Å². The molecule has 2 aromatic carbocycles. The summed E-state index contributed by atoms with van der Waals surface area (Å²) in [5, 5.41) is 2.52. The number of hydrogen-bond acceptors (Lipinski definition) is 4. The van der Waals surface area contributed by atoms with Crippen molar-refractivity contribution in [3.05, 3.63) is 89.8 Å². The maximum atomic E-state index is 13.7. The number of nitrogens with zero attached hydrogens (tertiary/aromatic N) is 2. The molecule has 0 fully saturated rings. The van der Waals surface area contributed by atoms with E-state index in [9.17, 15) is 18.4 Å². The molecule has 180 valence electrons. The summed E-state index contributed by atoms with van der Waals surface area (Å²) < 4.78 is 32.6. The first-order valence-corrected chi connectivity index (χ1v) is 10.4. The van der Waals surface area contributed by atoms with Gasteiger partial charge in [0.25, 0.3) is 0 Å². The van der Waals surface area contributed by atoms with E-state index in [1.165, 1.54) is 11.9 Å². The van der Waals surface area contributed by atoms with E-state index in [1.54, 1.807) is 42.6 Å². The summed E-state index contributed by atoms with van der Waals surface area (Å²) in [4.78, 5) is 31.4. The fourth-order valence-corrected chi connectivity index (χ4v) is 3.23. The van der Waals surface area contributed by atoms with E-state index in [1.807, 2.05) is 19.9 Å². The average molecular weight is 488 g/mol. The molecular formula is C25H27F2N3O3S. The minimum atomic E-state index is -1.14. The van der Waals surface area contributed by atoms with Crippen molar-refractivity contribution in [2.45, 2.75) is 32.2 Å². The van der Waals surface area contributed by atoms with E-state index in [-0.39, 0.29) is 31.4 Å². The number of amides is 2. The predicted octanol–water partition coefficient (Wildman–Crippen LogP) is 4.96. The van der Waals surface area contributed by atoms with Gasteiger partial charge >= 0.3 is 6.09 Å². The van der Waals surface area contributed by atoms with Gasteiger partial charge in [0.05, 0.1) is 11.9 Å². The molecule has 0 saturated heterocycles. The molecule has 6 nitrogen and oxygen atoms in total. The van der Waals surface area contributed by atoms with Crippen LogP contribution in [0.1, 0.15) is 31.0 Å². The summed E-state index contributed by atoms with van der Waals surface area (Å²) in [5.41, 5.74) is 1.60. The van der Waals surface area contributed by atoms with Gasteiger partial charge in [-0.15, -0.1) is 0 Å². The second kappa shape index (κ2) is 12.1. The molecule has 34 heavy (non-hydrogen) atoms. The van der Waals surface area contributed by atoms with E-state index in [4.69, 9.17) is 4.74 Å². The SMILES string of the molecule is CC(C)c1ccc(N(C)C(=O)[C@H](Cc2cc(F)cc(F)c2)NC(=O)Oc2ccccc2)cn1.S. The van der Waals surface area contributed by atoms with Crippen LogP contribution in [0.2, 0.25) is 0 Å². The van der Waals surface area contributed by atoms with Crippen LogP contribution in [-0.4, -0.2) is 30.1 Å². The number of ether oxygens (including phenoxy) is 1. The number of aromatic nitrogens is 1. The lowest BCUT2D eigenvalue weighted by Crippen LogP contribution is -2.49. The molecule has 0 saturated carbocycles. The Morgan fingerprint density at radius 3 is 2.24 bits per heavy atom. The second-order valence-electron chi connectivity index (χ2n) is 7.87. The van der Waals surface area contributed by atoms with Gasteiger partial charge in [-0.2, -0.15) is 13.5 Å². The molecule has 3 rings (SSSR count). The number of halogens is 2. The van der Waals surface area contributed by atoms with Crippen LogP contribution < -0.4 is 15.0 Å². The number of carbonyl (C=O) groups excluding carboxylic acids is 2. The molecular weight excluding hydrogens is 460 g/mol. The Morgan fingerprint density at radius 2 is 1.68 bits per heavy atom. The standard InChI is InChI=1S/C25H25F2N3O3.H2S/c1-16(2)22-10-9-20(15-28-22)30(3)24(31)23(13-17-11-18(26)14-19(27)12-17)29-25(32)33-21-7-5-4-6-8-21;/h4-12,14-16,23H,13H2,1-3H3,(H,29,32);1H2/t23-;/m0./s1. The van der Waals surface area contributed by atoms with Crippen molar-refractivity contribution >= 4 is 31.2 Å². The lowest BCUT2D eigenvalue weighted by atomic mass is 10.0. The highest BCUT2D eigenvalue weighted by Gasteiger charge is 2.27. The minimum Gasteiger partial charge on any atom is -0.410 e. The number of likely N-dealkylation sites (N-methyl/N-ethyl adjacent to an activating group) is 1.